The number of rotatable bonds is 3. The summed E-state index contributed by atoms with van der Waals surface area (Å²) in [6.45, 7) is 0.922. The van der Waals surface area contributed by atoms with E-state index in [4.69, 9.17) is 33.0 Å². The van der Waals surface area contributed by atoms with Crippen molar-refractivity contribution in [1.82, 2.24) is 9.78 Å². The van der Waals surface area contributed by atoms with Gasteiger partial charge in [-0.2, -0.15) is 5.10 Å². The minimum Gasteiger partial charge on any atom is -0.496 e. The van der Waals surface area contributed by atoms with Crippen LogP contribution in [0.25, 0.3) is 16.9 Å². The smallest absolute Gasteiger partial charge is 0.133 e. The standard InChI is InChI=1S/C20H19Cl2N3O/c1-26-18-8-3-2-6-14(18)19-15-7-4-5-11-23-20(15)25(24-19)13-9-10-16(21)17(22)12-13/h2-3,6,8-10,12,23H,4-5,7,11H2,1H3. The summed E-state index contributed by atoms with van der Waals surface area (Å²) >= 11 is 12.3. The topological polar surface area (TPSA) is 39.1 Å². The average molecular weight is 388 g/mol. The Morgan fingerprint density at radius 1 is 1.08 bits per heavy atom. The Bertz CT molecular complexity index is 952. The summed E-state index contributed by atoms with van der Waals surface area (Å²) < 4.78 is 7.48. The second-order valence-corrected chi connectivity index (χ2v) is 7.08. The lowest BCUT2D eigenvalue weighted by Crippen LogP contribution is -2.07. The van der Waals surface area contributed by atoms with Crippen LogP contribution < -0.4 is 10.1 Å². The molecule has 0 radical (unpaired) electrons. The highest BCUT2D eigenvalue weighted by atomic mass is 35.5. The number of hydrogen-bond acceptors (Lipinski definition) is 3. The van der Waals surface area contributed by atoms with Crippen LogP contribution >= 0.6 is 23.2 Å². The summed E-state index contributed by atoms with van der Waals surface area (Å²) in [6.07, 6.45) is 3.22. The largest absolute Gasteiger partial charge is 0.496 e. The lowest BCUT2D eigenvalue weighted by Gasteiger charge is -2.10. The first-order chi connectivity index (χ1) is 12.7. The molecular weight excluding hydrogens is 369 g/mol. The summed E-state index contributed by atoms with van der Waals surface area (Å²) in [5.74, 6) is 1.83. The molecule has 134 valence electrons. The van der Waals surface area contributed by atoms with E-state index in [1.807, 2.05) is 41.1 Å². The lowest BCUT2D eigenvalue weighted by atomic mass is 10.0. The van der Waals surface area contributed by atoms with E-state index in [1.54, 1.807) is 13.2 Å². The molecule has 0 amide bonds. The normalized spacial score (nSPS) is 13.7. The number of methoxy groups -OCH3 is 1. The third kappa shape index (κ3) is 3.04. The molecule has 0 fully saturated rings. The van der Waals surface area contributed by atoms with Gasteiger partial charge in [0.1, 0.15) is 17.3 Å². The Hall–Kier alpha value is -2.17. The number of halogens is 2. The second kappa shape index (κ2) is 7.22. The number of ether oxygens (including phenoxy) is 1. The van der Waals surface area contributed by atoms with Crippen molar-refractivity contribution < 1.29 is 4.74 Å². The van der Waals surface area contributed by atoms with Gasteiger partial charge in [0.2, 0.25) is 0 Å². The van der Waals surface area contributed by atoms with Crippen molar-refractivity contribution in [2.24, 2.45) is 0 Å². The molecule has 1 N–H and O–H groups in total. The molecule has 1 aromatic heterocycles. The molecule has 0 unspecified atom stereocenters. The first-order valence-corrected chi connectivity index (χ1v) is 9.39. The number of fused-ring (bicyclic) bond motifs is 1. The third-order valence-corrected chi connectivity index (χ3v) is 5.38. The molecule has 0 atom stereocenters. The quantitative estimate of drug-likeness (QED) is 0.635. The zero-order valence-electron chi connectivity index (χ0n) is 14.4. The number of para-hydroxylation sites is 1. The van der Waals surface area contributed by atoms with Gasteiger partial charge in [-0.1, -0.05) is 35.3 Å². The van der Waals surface area contributed by atoms with Crippen molar-refractivity contribution in [2.45, 2.75) is 19.3 Å². The highest BCUT2D eigenvalue weighted by Crippen LogP contribution is 2.38. The van der Waals surface area contributed by atoms with E-state index in [1.165, 1.54) is 5.56 Å². The van der Waals surface area contributed by atoms with Gasteiger partial charge in [-0.15, -0.1) is 0 Å². The zero-order valence-corrected chi connectivity index (χ0v) is 15.9. The maximum atomic E-state index is 6.24. The summed E-state index contributed by atoms with van der Waals surface area (Å²) in [6, 6.07) is 13.6. The van der Waals surface area contributed by atoms with Gasteiger partial charge in [0.15, 0.2) is 0 Å². The van der Waals surface area contributed by atoms with Gasteiger partial charge in [0, 0.05) is 17.7 Å². The summed E-state index contributed by atoms with van der Waals surface area (Å²) in [5.41, 5.74) is 4.02. The van der Waals surface area contributed by atoms with E-state index < -0.39 is 0 Å². The first-order valence-electron chi connectivity index (χ1n) is 8.63. The van der Waals surface area contributed by atoms with Gasteiger partial charge in [-0.05, 0) is 49.6 Å². The van der Waals surface area contributed by atoms with Crippen molar-refractivity contribution in [1.29, 1.82) is 0 Å². The van der Waals surface area contributed by atoms with E-state index in [0.717, 1.165) is 54.3 Å². The average Bonchev–Trinajstić information content (AvgIpc) is 2.85. The van der Waals surface area contributed by atoms with E-state index in [9.17, 15) is 0 Å². The molecule has 0 aliphatic carbocycles. The third-order valence-electron chi connectivity index (χ3n) is 4.64. The van der Waals surface area contributed by atoms with Gasteiger partial charge in [0.05, 0.1) is 22.8 Å². The fraction of sp³-hybridized carbons (Fsp3) is 0.250. The molecule has 3 aromatic rings. The van der Waals surface area contributed by atoms with Crippen molar-refractivity contribution in [3.63, 3.8) is 0 Å². The summed E-state index contributed by atoms with van der Waals surface area (Å²) in [5, 5.41) is 9.51. The molecule has 6 heteroatoms. The van der Waals surface area contributed by atoms with Crippen LogP contribution in [0.3, 0.4) is 0 Å². The molecule has 1 aliphatic rings. The molecule has 2 heterocycles. The van der Waals surface area contributed by atoms with E-state index in [0.29, 0.717) is 10.0 Å². The monoisotopic (exact) mass is 387 g/mol. The molecule has 2 aromatic carbocycles. The minimum absolute atomic E-state index is 0.515. The number of anilines is 1. The van der Waals surface area contributed by atoms with Crippen LogP contribution in [0.15, 0.2) is 42.5 Å². The molecule has 1 aliphatic heterocycles. The van der Waals surface area contributed by atoms with E-state index in [2.05, 4.69) is 5.32 Å². The molecule has 0 saturated heterocycles. The number of nitrogens with zero attached hydrogens (tertiary/aromatic N) is 2. The maximum absolute atomic E-state index is 6.24. The molecule has 0 spiro atoms. The minimum atomic E-state index is 0.515. The summed E-state index contributed by atoms with van der Waals surface area (Å²) in [7, 11) is 1.69. The van der Waals surface area contributed by atoms with Crippen LogP contribution in [0, 0.1) is 0 Å². The van der Waals surface area contributed by atoms with Crippen molar-refractivity contribution >= 4 is 29.0 Å². The Kier molecular flexibility index (Phi) is 4.79. The molecular formula is C20H19Cl2N3O. The fourth-order valence-corrected chi connectivity index (χ4v) is 3.65. The highest BCUT2D eigenvalue weighted by Gasteiger charge is 2.23. The van der Waals surface area contributed by atoms with Crippen molar-refractivity contribution in [3.8, 4) is 22.7 Å². The fourth-order valence-electron chi connectivity index (χ4n) is 3.36. The van der Waals surface area contributed by atoms with Crippen LogP contribution in [0.4, 0.5) is 5.82 Å². The van der Waals surface area contributed by atoms with E-state index in [-0.39, 0.29) is 0 Å². The van der Waals surface area contributed by atoms with Gasteiger partial charge >= 0.3 is 0 Å². The predicted octanol–water partition coefficient (Wildman–Crippen LogP) is 5.60. The van der Waals surface area contributed by atoms with Crippen LogP contribution in [-0.4, -0.2) is 23.4 Å². The second-order valence-electron chi connectivity index (χ2n) is 6.27. The Morgan fingerprint density at radius 2 is 1.92 bits per heavy atom. The zero-order chi connectivity index (χ0) is 18.1. The Morgan fingerprint density at radius 3 is 2.73 bits per heavy atom. The molecule has 26 heavy (non-hydrogen) atoms. The van der Waals surface area contributed by atoms with Gasteiger partial charge in [-0.3, -0.25) is 0 Å². The SMILES string of the molecule is COc1ccccc1-c1nn(-c2ccc(Cl)c(Cl)c2)c2c1CCCCN2. The number of benzene rings is 2. The van der Waals surface area contributed by atoms with Crippen LogP contribution in [0.5, 0.6) is 5.75 Å². The Labute approximate surface area is 162 Å². The van der Waals surface area contributed by atoms with Crippen molar-refractivity contribution in [2.75, 3.05) is 19.0 Å². The van der Waals surface area contributed by atoms with Crippen LogP contribution in [0.1, 0.15) is 18.4 Å². The molecule has 0 bridgehead atoms. The highest BCUT2D eigenvalue weighted by molar-refractivity contribution is 6.42. The number of nitrogens with one attached hydrogen (secondary N) is 1. The van der Waals surface area contributed by atoms with Crippen molar-refractivity contribution in [3.05, 3.63) is 58.1 Å². The van der Waals surface area contributed by atoms with Gasteiger partial charge in [-0.25, -0.2) is 4.68 Å². The lowest BCUT2D eigenvalue weighted by molar-refractivity contribution is 0.416. The van der Waals surface area contributed by atoms with Crippen LogP contribution in [-0.2, 0) is 6.42 Å². The number of hydrogen-bond donors (Lipinski definition) is 1. The Balaban J connectivity index is 1.93. The molecule has 4 nitrogen and oxygen atoms in total. The van der Waals surface area contributed by atoms with Crippen LogP contribution in [0.2, 0.25) is 10.0 Å². The summed E-state index contributed by atoms with van der Waals surface area (Å²) in [4.78, 5) is 0. The molecule has 0 saturated carbocycles. The number of aromatic nitrogens is 2. The predicted molar refractivity (Wildman–Crippen MR) is 107 cm³/mol. The maximum Gasteiger partial charge on any atom is 0.133 e. The van der Waals surface area contributed by atoms with Gasteiger partial charge < -0.3 is 10.1 Å². The first kappa shape index (κ1) is 17.3. The molecule has 4 rings (SSSR count). The van der Waals surface area contributed by atoms with E-state index >= 15 is 0 Å². The van der Waals surface area contributed by atoms with Gasteiger partial charge in [0.25, 0.3) is 0 Å².